The van der Waals surface area contributed by atoms with E-state index >= 15 is 0 Å². The van der Waals surface area contributed by atoms with Crippen molar-refractivity contribution in [1.29, 1.82) is 0 Å². The monoisotopic (exact) mass is 175 g/mol. The van der Waals surface area contributed by atoms with Gasteiger partial charge in [0.2, 0.25) is 0 Å². The number of hydrogen-bond acceptors (Lipinski definition) is 2. The Hall–Kier alpha value is 0.150. The maximum absolute atomic E-state index is 10.7. The van der Waals surface area contributed by atoms with Crippen LogP contribution >= 0.6 is 8.18 Å². The molecule has 0 aromatic heterocycles. The molecule has 2 saturated carbocycles. The van der Waals surface area contributed by atoms with E-state index in [-0.39, 0.29) is 5.60 Å². The van der Waals surface area contributed by atoms with Gasteiger partial charge in [-0.05, 0) is 38.0 Å². The third-order valence-electron chi connectivity index (χ3n) is 2.99. The van der Waals surface area contributed by atoms with Gasteiger partial charge in [0, 0.05) is 0 Å². The summed E-state index contributed by atoms with van der Waals surface area (Å²) in [4.78, 5) is 0. The van der Waals surface area contributed by atoms with Crippen LogP contribution in [0, 0.1) is 5.92 Å². The van der Waals surface area contributed by atoms with Gasteiger partial charge in [0.15, 0.2) is 0 Å². The van der Waals surface area contributed by atoms with Crippen molar-refractivity contribution < 1.29 is 9.09 Å². The lowest BCUT2D eigenvalue weighted by atomic mass is 9.98. The summed E-state index contributed by atoms with van der Waals surface area (Å²) in [7, 11) is -2.21. The fourth-order valence-electron chi connectivity index (χ4n) is 2.50. The van der Waals surface area contributed by atoms with E-state index in [9.17, 15) is 4.57 Å². The SMILES string of the molecule is N[PH](=O)OC12CCC(CC1)C2. The van der Waals surface area contributed by atoms with Crippen LogP contribution in [0.1, 0.15) is 32.1 Å². The molecule has 0 aromatic carbocycles. The van der Waals surface area contributed by atoms with Crippen LogP contribution in [0.15, 0.2) is 0 Å². The molecule has 64 valence electrons. The third kappa shape index (κ3) is 1.37. The van der Waals surface area contributed by atoms with Crippen molar-refractivity contribution in [3.8, 4) is 0 Å². The third-order valence-corrected chi connectivity index (χ3v) is 3.63. The smallest absolute Gasteiger partial charge is 0.256 e. The summed E-state index contributed by atoms with van der Waals surface area (Å²) >= 11 is 0. The second-order valence-corrected chi connectivity index (χ2v) is 4.59. The van der Waals surface area contributed by atoms with Crippen molar-refractivity contribution in [2.45, 2.75) is 37.7 Å². The number of nitrogens with two attached hydrogens (primary N) is 1. The van der Waals surface area contributed by atoms with Crippen LogP contribution < -0.4 is 5.50 Å². The highest BCUT2D eigenvalue weighted by molar-refractivity contribution is 7.36. The maximum atomic E-state index is 10.7. The first-order valence-electron chi connectivity index (χ1n) is 4.19. The van der Waals surface area contributed by atoms with Crippen LogP contribution in [0.25, 0.3) is 0 Å². The lowest BCUT2D eigenvalue weighted by Crippen LogP contribution is -2.24. The van der Waals surface area contributed by atoms with Gasteiger partial charge in [-0.1, -0.05) is 0 Å². The topological polar surface area (TPSA) is 52.3 Å². The standard InChI is InChI=1S/C7H14NO2P/c8-11(9)10-7-3-1-6(5-7)2-4-7/h6,11H,1-5H2,(H2,8,9). The lowest BCUT2D eigenvalue weighted by molar-refractivity contribution is 0.0908. The van der Waals surface area contributed by atoms with Gasteiger partial charge in [0.25, 0.3) is 8.18 Å². The van der Waals surface area contributed by atoms with Crippen LogP contribution in [0.2, 0.25) is 0 Å². The minimum atomic E-state index is -2.21. The molecule has 2 aliphatic rings. The van der Waals surface area contributed by atoms with Gasteiger partial charge in [-0.15, -0.1) is 0 Å². The summed E-state index contributed by atoms with van der Waals surface area (Å²) in [6.45, 7) is 0. The van der Waals surface area contributed by atoms with E-state index in [1.807, 2.05) is 0 Å². The van der Waals surface area contributed by atoms with Gasteiger partial charge in [0.05, 0.1) is 5.60 Å². The molecule has 1 unspecified atom stereocenters. The molecule has 2 rings (SSSR count). The minimum absolute atomic E-state index is 0.0601. The van der Waals surface area contributed by atoms with Crippen molar-refractivity contribution in [3.63, 3.8) is 0 Å². The predicted octanol–water partition coefficient (Wildman–Crippen LogP) is 1.68. The molecule has 2 N–H and O–H groups in total. The molecule has 2 fully saturated rings. The fraction of sp³-hybridized carbons (Fsp3) is 1.00. The van der Waals surface area contributed by atoms with Crippen molar-refractivity contribution in [3.05, 3.63) is 0 Å². The molecule has 4 heteroatoms. The minimum Gasteiger partial charge on any atom is -0.313 e. The molecule has 0 radical (unpaired) electrons. The summed E-state index contributed by atoms with van der Waals surface area (Å²) in [6, 6.07) is 0. The Labute approximate surface area is 67.2 Å². The van der Waals surface area contributed by atoms with E-state index in [0.29, 0.717) is 0 Å². The molecule has 3 nitrogen and oxygen atoms in total. The molecule has 0 aliphatic heterocycles. The van der Waals surface area contributed by atoms with Crippen LogP contribution in [0.4, 0.5) is 0 Å². The van der Waals surface area contributed by atoms with Gasteiger partial charge < -0.3 is 4.52 Å². The van der Waals surface area contributed by atoms with E-state index in [4.69, 9.17) is 10.0 Å². The second-order valence-electron chi connectivity index (χ2n) is 3.75. The van der Waals surface area contributed by atoms with Crippen molar-refractivity contribution >= 4 is 8.18 Å². The zero-order chi connectivity index (χ0) is 7.90. The Morgan fingerprint density at radius 1 is 1.45 bits per heavy atom. The molecule has 2 bridgehead atoms. The zero-order valence-corrected chi connectivity index (χ0v) is 7.51. The van der Waals surface area contributed by atoms with Crippen molar-refractivity contribution in [2.24, 2.45) is 11.4 Å². The van der Waals surface area contributed by atoms with Crippen LogP contribution in [-0.2, 0) is 9.09 Å². The van der Waals surface area contributed by atoms with E-state index in [1.54, 1.807) is 0 Å². The van der Waals surface area contributed by atoms with Gasteiger partial charge >= 0.3 is 0 Å². The van der Waals surface area contributed by atoms with Gasteiger partial charge in [-0.3, -0.25) is 10.1 Å². The summed E-state index contributed by atoms with van der Waals surface area (Å²) < 4.78 is 16.0. The highest BCUT2D eigenvalue weighted by Crippen LogP contribution is 2.52. The second kappa shape index (κ2) is 2.58. The van der Waals surface area contributed by atoms with Gasteiger partial charge in [-0.25, -0.2) is 0 Å². The Kier molecular flexibility index (Phi) is 1.82. The van der Waals surface area contributed by atoms with E-state index in [0.717, 1.165) is 25.2 Å². The molecule has 2 aliphatic carbocycles. The first kappa shape index (κ1) is 7.78. The average Bonchev–Trinajstić information content (AvgIpc) is 2.43. The van der Waals surface area contributed by atoms with Gasteiger partial charge in [0.1, 0.15) is 0 Å². The normalized spacial score (nSPS) is 44.6. The predicted molar refractivity (Wildman–Crippen MR) is 43.6 cm³/mol. The summed E-state index contributed by atoms with van der Waals surface area (Å²) in [5.74, 6) is 0.830. The Morgan fingerprint density at radius 2 is 2.09 bits per heavy atom. The first-order chi connectivity index (χ1) is 5.20. The van der Waals surface area contributed by atoms with E-state index < -0.39 is 8.18 Å². The Morgan fingerprint density at radius 3 is 2.45 bits per heavy atom. The lowest BCUT2D eigenvalue weighted by Gasteiger charge is -2.24. The summed E-state index contributed by atoms with van der Waals surface area (Å²) in [5.41, 5.74) is 5.12. The molecule has 0 saturated heterocycles. The average molecular weight is 175 g/mol. The maximum Gasteiger partial charge on any atom is 0.256 e. The van der Waals surface area contributed by atoms with Crippen molar-refractivity contribution in [2.75, 3.05) is 0 Å². The highest BCUT2D eigenvalue weighted by atomic mass is 31.1. The zero-order valence-electron chi connectivity index (χ0n) is 6.51. The quantitative estimate of drug-likeness (QED) is 0.649. The Balaban J connectivity index is 2.05. The number of rotatable bonds is 2. The molecule has 0 amide bonds. The molecular weight excluding hydrogens is 161 g/mol. The Bertz CT molecular complexity index is 187. The summed E-state index contributed by atoms with van der Waals surface area (Å²) in [5, 5.41) is 0. The molecule has 0 spiro atoms. The highest BCUT2D eigenvalue weighted by Gasteiger charge is 2.46. The van der Waals surface area contributed by atoms with Crippen LogP contribution in [0.5, 0.6) is 0 Å². The molecule has 0 aromatic rings. The van der Waals surface area contributed by atoms with E-state index in [2.05, 4.69) is 0 Å². The van der Waals surface area contributed by atoms with Crippen LogP contribution in [-0.4, -0.2) is 5.60 Å². The molecule has 1 atom stereocenters. The number of hydrogen-bond donors (Lipinski definition) is 1. The number of fused-ring (bicyclic) bond motifs is 2. The molecule has 0 heterocycles. The molecular formula is C7H14NO2P. The first-order valence-corrected chi connectivity index (χ1v) is 5.58. The van der Waals surface area contributed by atoms with Gasteiger partial charge in [-0.2, -0.15) is 0 Å². The largest absolute Gasteiger partial charge is 0.313 e. The van der Waals surface area contributed by atoms with Crippen molar-refractivity contribution in [1.82, 2.24) is 0 Å². The fourth-order valence-corrected chi connectivity index (χ4v) is 3.21. The van der Waals surface area contributed by atoms with E-state index in [1.165, 1.54) is 12.8 Å². The van der Waals surface area contributed by atoms with Crippen LogP contribution in [0.3, 0.4) is 0 Å². The summed E-state index contributed by atoms with van der Waals surface area (Å²) in [6.07, 6.45) is 5.74. The molecule has 11 heavy (non-hydrogen) atoms.